The number of ether oxygens (including phenoxy) is 2. The molecule has 0 aliphatic heterocycles. The lowest BCUT2D eigenvalue weighted by Crippen LogP contribution is -2.38. The Morgan fingerprint density at radius 1 is 1.10 bits per heavy atom. The number of esters is 1. The number of fused-ring (bicyclic) bond motifs is 5. The van der Waals surface area contributed by atoms with Gasteiger partial charge in [-0.1, -0.05) is 18.2 Å². The molecule has 0 amide bonds. The molecule has 0 aromatic heterocycles. The molecule has 110 valence electrons. The minimum absolute atomic E-state index is 0.148. The molecule has 0 spiro atoms. The van der Waals surface area contributed by atoms with Crippen LogP contribution in [0.25, 0.3) is 5.57 Å². The lowest BCUT2D eigenvalue weighted by Gasteiger charge is -2.44. The first-order valence-corrected chi connectivity index (χ1v) is 7.72. The molecule has 3 heteroatoms. The Bertz CT molecular complexity index is 631. The van der Waals surface area contributed by atoms with Gasteiger partial charge in [0.2, 0.25) is 0 Å². The number of allylic oxidation sites excluding steroid dienone is 1. The molecule has 21 heavy (non-hydrogen) atoms. The number of carbonyl (C=O) groups excluding carboxylic acids is 1. The summed E-state index contributed by atoms with van der Waals surface area (Å²) in [6.45, 7) is 0. The Hall–Kier alpha value is -1.77. The molecule has 3 aliphatic carbocycles. The quantitative estimate of drug-likeness (QED) is 0.799. The first-order chi connectivity index (χ1) is 10.3. The van der Waals surface area contributed by atoms with E-state index in [2.05, 4.69) is 6.07 Å². The molecule has 2 fully saturated rings. The van der Waals surface area contributed by atoms with Crippen molar-refractivity contribution in [1.82, 2.24) is 0 Å². The van der Waals surface area contributed by atoms with Crippen LogP contribution in [0.5, 0.6) is 5.75 Å². The molecule has 2 bridgehead atoms. The van der Waals surface area contributed by atoms with E-state index in [0.717, 1.165) is 22.8 Å². The molecule has 0 radical (unpaired) electrons. The van der Waals surface area contributed by atoms with Crippen molar-refractivity contribution in [3.05, 3.63) is 35.4 Å². The summed E-state index contributed by atoms with van der Waals surface area (Å²) in [5.74, 6) is 3.10. The van der Waals surface area contributed by atoms with E-state index < -0.39 is 0 Å². The van der Waals surface area contributed by atoms with Gasteiger partial charge in [-0.3, -0.25) is 0 Å². The summed E-state index contributed by atoms with van der Waals surface area (Å²) in [6.07, 6.45) is 3.85. The van der Waals surface area contributed by atoms with E-state index in [1.165, 1.54) is 31.9 Å². The van der Waals surface area contributed by atoms with Crippen molar-refractivity contribution in [1.29, 1.82) is 0 Å². The van der Waals surface area contributed by atoms with Crippen molar-refractivity contribution in [3.63, 3.8) is 0 Å². The maximum Gasteiger partial charge on any atom is 0.334 e. The van der Waals surface area contributed by atoms with Gasteiger partial charge in [-0.25, -0.2) is 4.79 Å². The average molecular weight is 284 g/mol. The predicted molar refractivity (Wildman–Crippen MR) is 79.7 cm³/mol. The molecular formula is C18H20O3. The largest absolute Gasteiger partial charge is 0.496 e. The summed E-state index contributed by atoms with van der Waals surface area (Å²) in [5, 5.41) is 0. The summed E-state index contributed by atoms with van der Waals surface area (Å²) in [7, 11) is 3.17. The molecule has 3 aliphatic rings. The van der Waals surface area contributed by atoms with E-state index in [1.807, 2.05) is 18.2 Å². The first kappa shape index (κ1) is 12.9. The molecule has 0 N–H and O–H groups in total. The lowest BCUT2D eigenvalue weighted by atomic mass is 9.59. The van der Waals surface area contributed by atoms with Crippen LogP contribution in [0.2, 0.25) is 0 Å². The zero-order chi connectivity index (χ0) is 14.6. The highest BCUT2D eigenvalue weighted by Crippen LogP contribution is 2.66. The Morgan fingerprint density at radius 3 is 2.52 bits per heavy atom. The van der Waals surface area contributed by atoms with Crippen LogP contribution in [0.4, 0.5) is 0 Å². The zero-order valence-corrected chi connectivity index (χ0v) is 12.5. The second-order valence-corrected chi connectivity index (χ2v) is 6.40. The third-order valence-corrected chi connectivity index (χ3v) is 5.68. The summed E-state index contributed by atoms with van der Waals surface area (Å²) < 4.78 is 10.6. The predicted octanol–water partition coefficient (Wildman–Crippen LogP) is 3.30. The topological polar surface area (TPSA) is 35.5 Å². The molecule has 0 saturated heterocycles. The van der Waals surface area contributed by atoms with Crippen LogP contribution in [-0.2, 0) is 9.53 Å². The fourth-order valence-electron chi connectivity index (χ4n) is 4.93. The highest BCUT2D eigenvalue weighted by atomic mass is 16.5. The van der Waals surface area contributed by atoms with Gasteiger partial charge >= 0.3 is 5.97 Å². The number of para-hydroxylation sites is 1. The summed E-state index contributed by atoms with van der Waals surface area (Å²) >= 11 is 0. The second-order valence-electron chi connectivity index (χ2n) is 6.40. The van der Waals surface area contributed by atoms with Crippen LogP contribution in [0.15, 0.2) is 29.8 Å². The molecule has 1 aromatic carbocycles. The van der Waals surface area contributed by atoms with E-state index in [4.69, 9.17) is 9.47 Å². The third kappa shape index (κ3) is 1.63. The molecule has 2 saturated carbocycles. The van der Waals surface area contributed by atoms with Gasteiger partial charge in [-0.15, -0.1) is 0 Å². The van der Waals surface area contributed by atoms with Gasteiger partial charge in [-0.05, 0) is 48.7 Å². The Balaban J connectivity index is 1.85. The van der Waals surface area contributed by atoms with Crippen LogP contribution in [0, 0.1) is 23.7 Å². The normalized spacial score (nSPS) is 32.7. The van der Waals surface area contributed by atoms with Gasteiger partial charge < -0.3 is 9.47 Å². The van der Waals surface area contributed by atoms with Gasteiger partial charge in [-0.2, -0.15) is 0 Å². The molecule has 4 rings (SSSR count). The Kier molecular flexibility index (Phi) is 2.84. The van der Waals surface area contributed by atoms with Crippen LogP contribution in [0.3, 0.4) is 0 Å². The molecule has 1 aromatic rings. The summed E-state index contributed by atoms with van der Waals surface area (Å²) in [4.78, 5) is 12.3. The number of methoxy groups -OCH3 is 2. The molecule has 4 atom stereocenters. The number of benzene rings is 1. The maximum atomic E-state index is 12.3. The lowest BCUT2D eigenvalue weighted by molar-refractivity contribution is -0.137. The monoisotopic (exact) mass is 284 g/mol. The van der Waals surface area contributed by atoms with E-state index in [-0.39, 0.29) is 5.97 Å². The maximum absolute atomic E-state index is 12.3. The molecular weight excluding hydrogens is 264 g/mol. The van der Waals surface area contributed by atoms with Gasteiger partial charge in [0.1, 0.15) is 5.75 Å². The van der Waals surface area contributed by atoms with Crippen molar-refractivity contribution in [2.24, 2.45) is 23.7 Å². The van der Waals surface area contributed by atoms with Crippen LogP contribution < -0.4 is 4.74 Å². The summed E-state index contributed by atoms with van der Waals surface area (Å²) in [6, 6.07) is 8.02. The fourth-order valence-corrected chi connectivity index (χ4v) is 4.93. The highest BCUT2D eigenvalue weighted by molar-refractivity contribution is 6.04. The standard InChI is InChI=1S/C18H20O3/c1-20-13-6-4-3-5-12(13)16-14-10-7-8-11(9-10)15(14)17(16)18(19)21-2/h3-6,10-11,14-15H,7-9H2,1-2H3/t10-,11+,14+,15-/m1/s1. The zero-order valence-electron chi connectivity index (χ0n) is 12.5. The van der Waals surface area contributed by atoms with Crippen molar-refractivity contribution in [3.8, 4) is 5.75 Å². The van der Waals surface area contributed by atoms with E-state index in [0.29, 0.717) is 17.8 Å². The van der Waals surface area contributed by atoms with Gasteiger partial charge in [0.05, 0.1) is 14.2 Å². The number of carbonyl (C=O) groups is 1. The minimum Gasteiger partial charge on any atom is -0.496 e. The van der Waals surface area contributed by atoms with E-state index >= 15 is 0 Å². The number of hydrogen-bond donors (Lipinski definition) is 0. The van der Waals surface area contributed by atoms with E-state index in [1.54, 1.807) is 7.11 Å². The Morgan fingerprint density at radius 2 is 1.81 bits per heavy atom. The molecule has 0 heterocycles. The number of rotatable bonds is 3. The van der Waals surface area contributed by atoms with Crippen LogP contribution >= 0.6 is 0 Å². The second kappa shape index (κ2) is 4.62. The van der Waals surface area contributed by atoms with Gasteiger partial charge in [0.15, 0.2) is 0 Å². The highest BCUT2D eigenvalue weighted by Gasteiger charge is 2.59. The molecule has 3 nitrogen and oxygen atoms in total. The number of hydrogen-bond acceptors (Lipinski definition) is 3. The van der Waals surface area contributed by atoms with Crippen LogP contribution in [-0.4, -0.2) is 20.2 Å². The van der Waals surface area contributed by atoms with Crippen molar-refractivity contribution >= 4 is 11.5 Å². The van der Waals surface area contributed by atoms with Crippen molar-refractivity contribution < 1.29 is 14.3 Å². The average Bonchev–Trinajstić information content (AvgIpc) is 3.05. The fraction of sp³-hybridized carbons (Fsp3) is 0.500. The SMILES string of the molecule is COC(=O)C1=C(c2ccccc2OC)[C@H]2[C@@H]3CC[C@@H](C3)[C@@H]12. The third-order valence-electron chi connectivity index (χ3n) is 5.68. The summed E-state index contributed by atoms with van der Waals surface area (Å²) in [5.41, 5.74) is 3.19. The van der Waals surface area contributed by atoms with Gasteiger partial charge in [0.25, 0.3) is 0 Å². The minimum atomic E-state index is -0.148. The van der Waals surface area contributed by atoms with Crippen molar-refractivity contribution in [2.75, 3.05) is 14.2 Å². The first-order valence-electron chi connectivity index (χ1n) is 7.72. The van der Waals surface area contributed by atoms with E-state index in [9.17, 15) is 4.79 Å². The van der Waals surface area contributed by atoms with Crippen LogP contribution in [0.1, 0.15) is 24.8 Å². The van der Waals surface area contributed by atoms with Gasteiger partial charge in [0, 0.05) is 17.1 Å². The smallest absolute Gasteiger partial charge is 0.334 e. The van der Waals surface area contributed by atoms with Crippen molar-refractivity contribution in [2.45, 2.75) is 19.3 Å². The Labute approximate surface area is 124 Å². The molecule has 0 unspecified atom stereocenters.